The molecule has 1 atom stereocenters. The molecule has 2 N–H and O–H groups in total. The van der Waals surface area contributed by atoms with Crippen LogP contribution in [-0.4, -0.2) is 9.97 Å². The Hall–Kier alpha value is -1.78. The molecular weight excluding hydrogens is 242 g/mol. The Bertz CT molecular complexity index is 690. The molecule has 0 aliphatic carbocycles. The maximum atomic E-state index is 6.25. The molecule has 3 rings (SSSR count). The summed E-state index contributed by atoms with van der Waals surface area (Å²) in [4.78, 5) is 8.75. The topological polar surface area (TPSA) is 51.8 Å². The highest BCUT2D eigenvalue weighted by Gasteiger charge is 2.12. The van der Waals surface area contributed by atoms with Crippen LogP contribution in [-0.2, 0) is 0 Å². The number of aryl methyl sites for hydroxylation is 1. The second kappa shape index (κ2) is 4.48. The molecule has 3 aromatic rings. The van der Waals surface area contributed by atoms with Gasteiger partial charge in [0.2, 0.25) is 0 Å². The SMILES string of the molecule is Cc1csc(C(N)c2ccc3ncccc3c2)n1. The van der Waals surface area contributed by atoms with Crippen LogP contribution >= 0.6 is 11.3 Å². The lowest BCUT2D eigenvalue weighted by atomic mass is 10.1. The summed E-state index contributed by atoms with van der Waals surface area (Å²) < 4.78 is 0. The highest BCUT2D eigenvalue weighted by atomic mass is 32.1. The van der Waals surface area contributed by atoms with E-state index < -0.39 is 0 Å². The first-order valence-corrected chi connectivity index (χ1v) is 6.64. The van der Waals surface area contributed by atoms with Crippen LogP contribution < -0.4 is 5.73 Å². The Morgan fingerprint density at radius 3 is 2.94 bits per heavy atom. The lowest BCUT2D eigenvalue weighted by molar-refractivity contribution is 0.854. The molecule has 0 saturated carbocycles. The molecule has 4 heteroatoms. The molecule has 0 bridgehead atoms. The summed E-state index contributed by atoms with van der Waals surface area (Å²) in [5.41, 5.74) is 9.33. The highest BCUT2D eigenvalue weighted by Crippen LogP contribution is 2.25. The Kier molecular flexibility index (Phi) is 2.81. The molecule has 2 heterocycles. The van der Waals surface area contributed by atoms with Crippen molar-refractivity contribution in [3.8, 4) is 0 Å². The Labute approximate surface area is 109 Å². The number of fused-ring (bicyclic) bond motifs is 1. The van der Waals surface area contributed by atoms with Gasteiger partial charge in [0, 0.05) is 22.7 Å². The third kappa shape index (κ3) is 2.00. The minimum Gasteiger partial charge on any atom is -0.318 e. The average molecular weight is 255 g/mol. The molecule has 0 amide bonds. The van der Waals surface area contributed by atoms with Crippen LogP contribution in [0.25, 0.3) is 10.9 Å². The van der Waals surface area contributed by atoms with Crippen molar-refractivity contribution in [2.45, 2.75) is 13.0 Å². The van der Waals surface area contributed by atoms with Crippen molar-refractivity contribution in [1.82, 2.24) is 9.97 Å². The predicted octanol–water partition coefficient (Wildman–Crippen LogP) is 3.05. The number of rotatable bonds is 2. The molecule has 0 saturated heterocycles. The number of benzene rings is 1. The molecule has 0 fully saturated rings. The van der Waals surface area contributed by atoms with Crippen LogP contribution in [0, 0.1) is 6.92 Å². The molecule has 90 valence electrons. The lowest BCUT2D eigenvalue weighted by Gasteiger charge is -2.09. The van der Waals surface area contributed by atoms with Crippen LogP contribution in [0.2, 0.25) is 0 Å². The molecule has 0 spiro atoms. The first-order chi connectivity index (χ1) is 8.74. The van der Waals surface area contributed by atoms with E-state index in [0.717, 1.165) is 27.2 Å². The van der Waals surface area contributed by atoms with Crippen molar-refractivity contribution in [2.75, 3.05) is 0 Å². The van der Waals surface area contributed by atoms with Crippen molar-refractivity contribution in [3.05, 3.63) is 58.2 Å². The van der Waals surface area contributed by atoms with Gasteiger partial charge in [-0.3, -0.25) is 4.98 Å². The normalized spacial score (nSPS) is 12.8. The highest BCUT2D eigenvalue weighted by molar-refractivity contribution is 7.09. The van der Waals surface area contributed by atoms with E-state index in [2.05, 4.69) is 16.0 Å². The fourth-order valence-electron chi connectivity index (χ4n) is 1.95. The van der Waals surface area contributed by atoms with Gasteiger partial charge in [0.1, 0.15) is 5.01 Å². The molecule has 1 aromatic carbocycles. The van der Waals surface area contributed by atoms with Crippen LogP contribution in [0.15, 0.2) is 41.9 Å². The monoisotopic (exact) mass is 255 g/mol. The largest absolute Gasteiger partial charge is 0.318 e. The molecule has 2 aromatic heterocycles. The average Bonchev–Trinajstić information content (AvgIpc) is 2.84. The molecule has 0 radical (unpaired) electrons. The van der Waals surface area contributed by atoms with Gasteiger partial charge in [0.25, 0.3) is 0 Å². The van der Waals surface area contributed by atoms with E-state index in [9.17, 15) is 0 Å². The third-order valence-corrected chi connectivity index (χ3v) is 3.93. The number of pyridine rings is 1. The number of nitrogens with zero attached hydrogens (tertiary/aromatic N) is 2. The predicted molar refractivity (Wildman–Crippen MR) is 74.6 cm³/mol. The third-order valence-electron chi connectivity index (χ3n) is 2.89. The standard InChI is InChI=1S/C14H13N3S/c1-9-8-18-14(17-9)13(15)11-4-5-12-10(7-11)3-2-6-16-12/h2-8,13H,15H2,1H3. The molecular formula is C14H13N3S. The lowest BCUT2D eigenvalue weighted by Crippen LogP contribution is -2.11. The van der Waals surface area contributed by atoms with E-state index in [4.69, 9.17) is 5.73 Å². The van der Waals surface area contributed by atoms with Crippen molar-refractivity contribution < 1.29 is 0 Å². The summed E-state index contributed by atoms with van der Waals surface area (Å²) >= 11 is 1.61. The number of nitrogens with two attached hydrogens (primary N) is 1. The van der Waals surface area contributed by atoms with E-state index >= 15 is 0 Å². The van der Waals surface area contributed by atoms with Gasteiger partial charge in [-0.05, 0) is 30.7 Å². The Morgan fingerprint density at radius 1 is 1.28 bits per heavy atom. The van der Waals surface area contributed by atoms with Gasteiger partial charge in [0.05, 0.1) is 11.6 Å². The number of hydrogen-bond acceptors (Lipinski definition) is 4. The zero-order valence-corrected chi connectivity index (χ0v) is 10.8. The van der Waals surface area contributed by atoms with Gasteiger partial charge in [-0.25, -0.2) is 4.98 Å². The number of hydrogen-bond donors (Lipinski definition) is 1. The fourth-order valence-corrected chi connectivity index (χ4v) is 2.77. The van der Waals surface area contributed by atoms with Gasteiger partial charge in [0.15, 0.2) is 0 Å². The summed E-state index contributed by atoms with van der Waals surface area (Å²) in [5.74, 6) is 0. The number of aromatic nitrogens is 2. The molecule has 18 heavy (non-hydrogen) atoms. The van der Waals surface area contributed by atoms with E-state index in [1.165, 1.54) is 0 Å². The quantitative estimate of drug-likeness (QED) is 0.765. The molecule has 0 aliphatic heterocycles. The van der Waals surface area contributed by atoms with E-state index in [0.29, 0.717) is 0 Å². The van der Waals surface area contributed by atoms with E-state index in [1.807, 2.05) is 36.6 Å². The van der Waals surface area contributed by atoms with Crippen LogP contribution in [0.3, 0.4) is 0 Å². The van der Waals surface area contributed by atoms with Gasteiger partial charge in [-0.15, -0.1) is 11.3 Å². The van der Waals surface area contributed by atoms with Gasteiger partial charge in [-0.2, -0.15) is 0 Å². The van der Waals surface area contributed by atoms with Crippen molar-refractivity contribution >= 4 is 22.2 Å². The zero-order chi connectivity index (χ0) is 12.5. The maximum Gasteiger partial charge on any atom is 0.114 e. The number of thiazole rings is 1. The summed E-state index contributed by atoms with van der Waals surface area (Å²) in [6, 6.07) is 9.94. The summed E-state index contributed by atoms with van der Waals surface area (Å²) in [6.07, 6.45) is 1.80. The van der Waals surface area contributed by atoms with Gasteiger partial charge < -0.3 is 5.73 Å². The minimum atomic E-state index is -0.159. The summed E-state index contributed by atoms with van der Waals surface area (Å²) in [6.45, 7) is 1.98. The van der Waals surface area contributed by atoms with Crippen molar-refractivity contribution in [3.63, 3.8) is 0 Å². The Morgan fingerprint density at radius 2 is 2.17 bits per heavy atom. The Balaban J connectivity index is 2.03. The van der Waals surface area contributed by atoms with Gasteiger partial charge >= 0.3 is 0 Å². The van der Waals surface area contributed by atoms with E-state index in [1.54, 1.807) is 17.5 Å². The summed E-state index contributed by atoms with van der Waals surface area (Å²) in [7, 11) is 0. The second-order valence-electron chi connectivity index (χ2n) is 4.26. The first kappa shape index (κ1) is 11.3. The summed E-state index contributed by atoms with van der Waals surface area (Å²) in [5, 5.41) is 4.09. The van der Waals surface area contributed by atoms with Crippen LogP contribution in [0.1, 0.15) is 22.3 Å². The first-order valence-electron chi connectivity index (χ1n) is 5.76. The fraction of sp³-hybridized carbons (Fsp3) is 0.143. The second-order valence-corrected chi connectivity index (χ2v) is 5.15. The van der Waals surface area contributed by atoms with Crippen molar-refractivity contribution in [2.24, 2.45) is 5.73 Å². The molecule has 3 nitrogen and oxygen atoms in total. The minimum absolute atomic E-state index is 0.159. The van der Waals surface area contributed by atoms with Crippen LogP contribution in [0.5, 0.6) is 0 Å². The van der Waals surface area contributed by atoms with Crippen LogP contribution in [0.4, 0.5) is 0 Å². The van der Waals surface area contributed by atoms with Gasteiger partial charge in [-0.1, -0.05) is 12.1 Å². The zero-order valence-electron chi connectivity index (χ0n) is 10.00. The maximum absolute atomic E-state index is 6.25. The molecule has 0 aliphatic rings. The van der Waals surface area contributed by atoms with Crippen molar-refractivity contribution in [1.29, 1.82) is 0 Å². The van der Waals surface area contributed by atoms with E-state index in [-0.39, 0.29) is 6.04 Å². The smallest absolute Gasteiger partial charge is 0.114 e. The molecule has 1 unspecified atom stereocenters.